The maximum atomic E-state index is 14.3. The van der Waals surface area contributed by atoms with Gasteiger partial charge in [0, 0.05) is 6.42 Å². The molecular formula is C19H16FN3O2. The molecule has 2 atom stereocenters. The van der Waals surface area contributed by atoms with Gasteiger partial charge in [-0.15, -0.1) is 5.10 Å². The van der Waals surface area contributed by atoms with E-state index in [-0.39, 0.29) is 29.9 Å². The molecule has 0 spiro atoms. The summed E-state index contributed by atoms with van der Waals surface area (Å²) in [5.41, 5.74) is 2.23. The van der Waals surface area contributed by atoms with Crippen LogP contribution in [0.15, 0.2) is 59.1 Å². The molecule has 25 heavy (non-hydrogen) atoms. The van der Waals surface area contributed by atoms with Crippen molar-refractivity contribution in [1.29, 1.82) is 0 Å². The molecule has 4 rings (SSSR count). The third-order valence-electron chi connectivity index (χ3n) is 4.33. The number of aromatic nitrogens is 3. The number of hydrogen-bond acceptors (Lipinski definition) is 4. The molecule has 6 heteroatoms. The Morgan fingerprint density at radius 2 is 2.28 bits per heavy atom. The summed E-state index contributed by atoms with van der Waals surface area (Å²) in [6, 6.07) is 4.81. The zero-order valence-corrected chi connectivity index (χ0v) is 13.6. The van der Waals surface area contributed by atoms with Crippen LogP contribution in [0, 0.1) is 0 Å². The summed E-state index contributed by atoms with van der Waals surface area (Å²) in [6.07, 6.45) is 6.38. The van der Waals surface area contributed by atoms with E-state index in [0.29, 0.717) is 16.7 Å². The summed E-state index contributed by atoms with van der Waals surface area (Å²) in [5.74, 6) is -0.208. The number of hydrogen-bond donors (Lipinski definition) is 0. The Morgan fingerprint density at radius 3 is 2.96 bits per heavy atom. The third-order valence-corrected chi connectivity index (χ3v) is 4.33. The Labute approximate surface area is 143 Å². The van der Waals surface area contributed by atoms with Gasteiger partial charge in [0.1, 0.15) is 11.2 Å². The smallest absolute Gasteiger partial charge is 0.235 e. The molecule has 4 heterocycles. The lowest BCUT2D eigenvalue weighted by Crippen LogP contribution is -2.10. The number of carbonyl (C=O) groups is 1. The number of benzene rings is 1. The lowest BCUT2D eigenvalue weighted by Gasteiger charge is -2.11. The molecule has 3 aromatic rings. The van der Waals surface area contributed by atoms with Crippen molar-refractivity contribution in [2.75, 3.05) is 0 Å². The number of fused-ring (bicyclic) bond motifs is 3. The van der Waals surface area contributed by atoms with Crippen molar-refractivity contribution in [2.45, 2.75) is 25.6 Å². The van der Waals surface area contributed by atoms with E-state index in [0.717, 1.165) is 5.57 Å². The fourth-order valence-corrected chi connectivity index (χ4v) is 3.07. The van der Waals surface area contributed by atoms with Crippen LogP contribution >= 0.6 is 0 Å². The molecule has 0 aromatic carbocycles. The van der Waals surface area contributed by atoms with Gasteiger partial charge < -0.3 is 4.42 Å². The minimum absolute atomic E-state index is 0.0171. The van der Waals surface area contributed by atoms with Gasteiger partial charge in [0.2, 0.25) is 11.6 Å². The zero-order valence-electron chi connectivity index (χ0n) is 13.6. The van der Waals surface area contributed by atoms with Crippen molar-refractivity contribution in [3.63, 3.8) is 0 Å². The Hall–Kier alpha value is -3.02. The quantitative estimate of drug-likeness (QED) is 0.513. The fourth-order valence-electron chi connectivity index (χ4n) is 3.07. The molecule has 5 nitrogen and oxygen atoms in total. The van der Waals surface area contributed by atoms with Crippen LogP contribution in [-0.4, -0.2) is 20.5 Å². The number of carbonyl (C=O) groups excluding carboxylic acids is 1. The number of nitrogens with zero attached hydrogens (tertiary/aromatic N) is 3. The highest BCUT2D eigenvalue weighted by molar-refractivity contribution is 6.12. The highest BCUT2D eigenvalue weighted by Crippen LogP contribution is 2.39. The van der Waals surface area contributed by atoms with Gasteiger partial charge in [-0.25, -0.2) is 14.1 Å². The van der Waals surface area contributed by atoms with E-state index in [1.807, 2.05) is 31.2 Å². The van der Waals surface area contributed by atoms with E-state index in [4.69, 9.17) is 4.42 Å². The molecule has 0 saturated carbocycles. The van der Waals surface area contributed by atoms with Crippen molar-refractivity contribution in [2.24, 2.45) is 0 Å². The number of halogens is 1. The van der Waals surface area contributed by atoms with Crippen LogP contribution in [0.2, 0.25) is 0 Å². The fraction of sp³-hybridized carbons (Fsp3) is 0.211. The number of ketones is 1. The molecule has 2 bridgehead atoms. The lowest BCUT2D eigenvalue weighted by atomic mass is 10.1. The molecular weight excluding hydrogens is 321 g/mol. The maximum Gasteiger partial charge on any atom is 0.235 e. The first kappa shape index (κ1) is 15.5. The van der Waals surface area contributed by atoms with Gasteiger partial charge in [-0.05, 0) is 30.7 Å². The first-order valence-electron chi connectivity index (χ1n) is 8.03. The third kappa shape index (κ3) is 2.50. The molecule has 1 aliphatic rings. The van der Waals surface area contributed by atoms with E-state index in [2.05, 4.69) is 16.7 Å². The summed E-state index contributed by atoms with van der Waals surface area (Å²) < 4.78 is 21.2. The van der Waals surface area contributed by atoms with Crippen LogP contribution in [0.1, 0.15) is 47.6 Å². The van der Waals surface area contributed by atoms with Crippen LogP contribution in [0.25, 0.3) is 11.2 Å². The van der Waals surface area contributed by atoms with Crippen LogP contribution in [-0.2, 0) is 0 Å². The van der Waals surface area contributed by atoms with Gasteiger partial charge in [0.15, 0.2) is 12.0 Å². The normalized spacial score (nSPS) is 20.2. The molecule has 126 valence electrons. The molecule has 0 amide bonds. The summed E-state index contributed by atoms with van der Waals surface area (Å²) in [4.78, 5) is 16.7. The van der Waals surface area contributed by atoms with Gasteiger partial charge in [0.05, 0.1) is 11.6 Å². The predicted molar refractivity (Wildman–Crippen MR) is 91.5 cm³/mol. The van der Waals surface area contributed by atoms with Crippen molar-refractivity contribution in [3.8, 4) is 0 Å². The number of rotatable bonds is 5. The average molecular weight is 337 g/mol. The minimum atomic E-state index is -1.27. The van der Waals surface area contributed by atoms with Gasteiger partial charge in [-0.1, -0.05) is 30.9 Å². The second-order valence-corrected chi connectivity index (χ2v) is 6.01. The summed E-state index contributed by atoms with van der Waals surface area (Å²) in [5, 5.41) is 4.26. The minimum Gasteiger partial charge on any atom is -0.457 e. The van der Waals surface area contributed by atoms with Gasteiger partial charge in [-0.3, -0.25) is 4.79 Å². The standard InChI is InChI=1S/C19H16FN3O2/c1-3-4-5-6-11(2)15-10-14(20)19-21-18(22-23(15)19)17(24)13-9-12-7-8-16(13)25-12/h3-9,14-15H,2,10H2,1H3/b4-3-,6-5-/t14-,15-/m0/s1. The zero-order chi connectivity index (χ0) is 17.6. The van der Waals surface area contributed by atoms with Gasteiger partial charge in [0.25, 0.3) is 0 Å². The van der Waals surface area contributed by atoms with Crippen molar-refractivity contribution < 1.29 is 13.6 Å². The first-order chi connectivity index (χ1) is 12.1. The largest absolute Gasteiger partial charge is 0.457 e. The SMILES string of the molecule is C=C(/C=C\C=C/C)[C@@H]1C[C@H](F)c2nc(C(=O)c3cc4ccc3o4)nn21. The monoisotopic (exact) mass is 337 g/mol. The van der Waals surface area contributed by atoms with E-state index in [1.54, 1.807) is 18.2 Å². The summed E-state index contributed by atoms with van der Waals surface area (Å²) in [6.45, 7) is 5.91. The highest BCUT2D eigenvalue weighted by atomic mass is 19.1. The highest BCUT2D eigenvalue weighted by Gasteiger charge is 2.36. The lowest BCUT2D eigenvalue weighted by molar-refractivity contribution is 0.103. The average Bonchev–Trinajstić information content (AvgIpc) is 3.36. The predicted octanol–water partition coefficient (Wildman–Crippen LogP) is 4.34. The number of allylic oxidation sites excluding steroid dienone is 5. The molecule has 1 aliphatic heterocycles. The van der Waals surface area contributed by atoms with Gasteiger partial charge >= 0.3 is 0 Å². The van der Waals surface area contributed by atoms with Crippen molar-refractivity contribution in [3.05, 3.63) is 71.9 Å². The molecule has 0 fully saturated rings. The second kappa shape index (κ2) is 5.81. The van der Waals surface area contributed by atoms with E-state index in [9.17, 15) is 9.18 Å². The van der Waals surface area contributed by atoms with E-state index in [1.165, 1.54) is 4.68 Å². The molecule has 0 aliphatic carbocycles. The van der Waals surface area contributed by atoms with E-state index < -0.39 is 6.17 Å². The Balaban J connectivity index is 1.65. The Morgan fingerprint density at radius 1 is 1.44 bits per heavy atom. The van der Waals surface area contributed by atoms with Crippen LogP contribution in [0.3, 0.4) is 0 Å². The number of alkyl halides is 1. The number of furan rings is 2. The van der Waals surface area contributed by atoms with Gasteiger partial charge in [-0.2, -0.15) is 0 Å². The maximum absolute atomic E-state index is 14.3. The van der Waals surface area contributed by atoms with E-state index >= 15 is 0 Å². The van der Waals surface area contributed by atoms with Crippen molar-refractivity contribution >= 4 is 16.9 Å². The molecule has 0 N–H and O–H groups in total. The molecule has 0 unspecified atom stereocenters. The topological polar surface area (TPSA) is 60.9 Å². The van der Waals surface area contributed by atoms with Crippen LogP contribution in [0.5, 0.6) is 0 Å². The van der Waals surface area contributed by atoms with Crippen LogP contribution < -0.4 is 0 Å². The first-order valence-corrected chi connectivity index (χ1v) is 8.03. The summed E-state index contributed by atoms with van der Waals surface area (Å²) >= 11 is 0. The second-order valence-electron chi connectivity index (χ2n) is 6.01. The Kier molecular flexibility index (Phi) is 3.60. The molecule has 0 saturated heterocycles. The van der Waals surface area contributed by atoms with Crippen LogP contribution in [0.4, 0.5) is 4.39 Å². The molecule has 0 radical (unpaired) electrons. The van der Waals surface area contributed by atoms with Crippen molar-refractivity contribution in [1.82, 2.24) is 14.8 Å². The molecule has 3 aromatic heterocycles. The summed E-state index contributed by atoms with van der Waals surface area (Å²) in [7, 11) is 0. The Bertz CT molecular complexity index is 1010.